The Kier molecular flexibility index (Phi) is 4.92. The average molecular weight is 285 g/mol. The number of hydrogen-bond acceptors (Lipinski definition) is 3. The minimum atomic E-state index is 0.189. The normalized spacial score (nSPS) is 19.9. The molecule has 0 saturated carbocycles. The number of benzene rings is 1. The lowest BCUT2D eigenvalue weighted by molar-refractivity contribution is -0.131. The van der Waals surface area contributed by atoms with E-state index >= 15 is 0 Å². The number of thioether (sulfide) groups is 1. The lowest BCUT2D eigenvalue weighted by atomic mass is 10.2. The van der Waals surface area contributed by atoms with Crippen LogP contribution in [0.3, 0.4) is 0 Å². The van der Waals surface area contributed by atoms with Crippen LogP contribution in [0.5, 0.6) is 0 Å². The first-order valence-corrected chi connectivity index (χ1v) is 7.42. The summed E-state index contributed by atoms with van der Waals surface area (Å²) < 4.78 is 0. The molecule has 5 heteroatoms. The van der Waals surface area contributed by atoms with Crippen LogP contribution >= 0.6 is 23.4 Å². The molecular formula is C13H17ClN2OS. The molecule has 0 bridgehead atoms. The lowest BCUT2D eigenvalue weighted by Crippen LogP contribution is -2.52. The third kappa shape index (κ3) is 3.40. The van der Waals surface area contributed by atoms with E-state index in [1.165, 1.54) is 11.8 Å². The van der Waals surface area contributed by atoms with Gasteiger partial charge in [0.05, 0.1) is 10.8 Å². The second-order valence-electron chi connectivity index (χ2n) is 4.36. The van der Waals surface area contributed by atoms with Crippen molar-refractivity contribution in [3.63, 3.8) is 0 Å². The molecule has 1 aliphatic heterocycles. The Morgan fingerprint density at radius 2 is 2.33 bits per heavy atom. The summed E-state index contributed by atoms with van der Waals surface area (Å²) in [6.07, 6.45) is 0. The van der Waals surface area contributed by atoms with Gasteiger partial charge in [0, 0.05) is 30.6 Å². The molecular weight excluding hydrogens is 268 g/mol. The molecule has 1 heterocycles. The molecule has 0 radical (unpaired) electrons. The fourth-order valence-electron chi connectivity index (χ4n) is 2.00. The smallest absolute Gasteiger partial charge is 0.233 e. The summed E-state index contributed by atoms with van der Waals surface area (Å²) in [7, 11) is 0. The molecule has 0 spiro atoms. The zero-order chi connectivity index (χ0) is 13.0. The number of nitrogens with zero attached hydrogens (tertiary/aromatic N) is 1. The lowest BCUT2D eigenvalue weighted by Gasteiger charge is -2.34. The highest BCUT2D eigenvalue weighted by Gasteiger charge is 2.22. The van der Waals surface area contributed by atoms with Crippen LogP contribution in [0.1, 0.15) is 6.92 Å². The van der Waals surface area contributed by atoms with Crippen molar-refractivity contribution in [2.24, 2.45) is 0 Å². The number of amides is 1. The predicted molar refractivity (Wildman–Crippen MR) is 76.2 cm³/mol. The van der Waals surface area contributed by atoms with Crippen molar-refractivity contribution in [1.82, 2.24) is 10.2 Å². The van der Waals surface area contributed by atoms with Gasteiger partial charge in [-0.05, 0) is 19.1 Å². The molecule has 1 amide bonds. The standard InChI is InChI=1S/C13H17ClN2OS/c1-10-8-15-6-7-16(10)13(17)9-18-12-5-3-2-4-11(12)14/h2-5,10,15H,6-9H2,1H3/t10-/m0/s1. The molecule has 3 nitrogen and oxygen atoms in total. The Bertz CT molecular complexity index is 427. The van der Waals surface area contributed by atoms with Crippen molar-refractivity contribution in [2.45, 2.75) is 17.9 Å². The first-order chi connectivity index (χ1) is 8.68. The molecule has 1 atom stereocenters. The molecule has 18 heavy (non-hydrogen) atoms. The van der Waals surface area contributed by atoms with Crippen molar-refractivity contribution in [3.8, 4) is 0 Å². The Morgan fingerprint density at radius 1 is 1.56 bits per heavy atom. The van der Waals surface area contributed by atoms with Gasteiger partial charge in [0.1, 0.15) is 0 Å². The van der Waals surface area contributed by atoms with Crippen LogP contribution < -0.4 is 5.32 Å². The van der Waals surface area contributed by atoms with Gasteiger partial charge in [-0.2, -0.15) is 0 Å². The van der Waals surface area contributed by atoms with E-state index in [2.05, 4.69) is 12.2 Å². The number of carbonyl (C=O) groups is 1. The average Bonchev–Trinajstić information content (AvgIpc) is 2.38. The van der Waals surface area contributed by atoms with E-state index in [0.717, 1.165) is 24.5 Å². The van der Waals surface area contributed by atoms with Gasteiger partial charge >= 0.3 is 0 Å². The Balaban J connectivity index is 1.90. The van der Waals surface area contributed by atoms with Crippen molar-refractivity contribution in [1.29, 1.82) is 0 Å². The largest absolute Gasteiger partial charge is 0.337 e. The Labute approximate surface area is 117 Å². The van der Waals surface area contributed by atoms with E-state index in [1.54, 1.807) is 0 Å². The number of piperazine rings is 1. The van der Waals surface area contributed by atoms with Crippen molar-refractivity contribution < 1.29 is 4.79 Å². The number of carbonyl (C=O) groups excluding carboxylic acids is 1. The van der Waals surface area contributed by atoms with Crippen molar-refractivity contribution in [2.75, 3.05) is 25.4 Å². The summed E-state index contributed by atoms with van der Waals surface area (Å²) in [4.78, 5) is 15.0. The van der Waals surface area contributed by atoms with Gasteiger partial charge in [-0.25, -0.2) is 0 Å². The van der Waals surface area contributed by atoms with Gasteiger partial charge in [0.25, 0.3) is 0 Å². The van der Waals surface area contributed by atoms with Gasteiger partial charge in [-0.3, -0.25) is 4.79 Å². The second-order valence-corrected chi connectivity index (χ2v) is 5.78. The van der Waals surface area contributed by atoms with Gasteiger partial charge in [0.15, 0.2) is 0 Å². The van der Waals surface area contributed by atoms with E-state index in [9.17, 15) is 4.79 Å². The van der Waals surface area contributed by atoms with E-state index < -0.39 is 0 Å². The van der Waals surface area contributed by atoms with Gasteiger partial charge in [-0.15, -0.1) is 11.8 Å². The number of halogens is 1. The molecule has 1 N–H and O–H groups in total. The maximum atomic E-state index is 12.1. The minimum absolute atomic E-state index is 0.189. The summed E-state index contributed by atoms with van der Waals surface area (Å²) in [5, 5.41) is 3.99. The molecule has 1 fully saturated rings. The van der Waals surface area contributed by atoms with E-state index in [-0.39, 0.29) is 11.9 Å². The SMILES string of the molecule is C[C@H]1CNCCN1C(=O)CSc1ccccc1Cl. The Morgan fingerprint density at radius 3 is 3.06 bits per heavy atom. The third-order valence-corrected chi connectivity index (χ3v) is 4.51. The minimum Gasteiger partial charge on any atom is -0.337 e. The van der Waals surface area contributed by atoms with Crippen LogP contribution in [-0.2, 0) is 4.79 Å². The van der Waals surface area contributed by atoms with Gasteiger partial charge in [-0.1, -0.05) is 23.7 Å². The highest BCUT2D eigenvalue weighted by atomic mass is 35.5. The fraction of sp³-hybridized carbons (Fsp3) is 0.462. The molecule has 2 rings (SSSR count). The summed E-state index contributed by atoms with van der Waals surface area (Å²) in [5.41, 5.74) is 0. The topological polar surface area (TPSA) is 32.3 Å². The molecule has 0 aliphatic carbocycles. The molecule has 1 aromatic carbocycles. The Hall–Kier alpha value is -0.710. The van der Waals surface area contributed by atoms with Crippen LogP contribution in [0, 0.1) is 0 Å². The van der Waals surface area contributed by atoms with Crippen molar-refractivity contribution >= 4 is 29.3 Å². The zero-order valence-corrected chi connectivity index (χ0v) is 11.9. The highest BCUT2D eigenvalue weighted by molar-refractivity contribution is 8.00. The highest BCUT2D eigenvalue weighted by Crippen LogP contribution is 2.26. The molecule has 1 aliphatic rings. The number of rotatable bonds is 3. The molecule has 98 valence electrons. The predicted octanol–water partition coefficient (Wildman–Crippen LogP) is 2.25. The third-order valence-electron chi connectivity index (χ3n) is 3.01. The van der Waals surface area contributed by atoms with Crippen LogP contribution in [0.4, 0.5) is 0 Å². The summed E-state index contributed by atoms with van der Waals surface area (Å²) in [6.45, 7) is 4.63. The molecule has 1 saturated heterocycles. The maximum Gasteiger partial charge on any atom is 0.233 e. The van der Waals surface area contributed by atoms with E-state index in [4.69, 9.17) is 11.6 Å². The summed E-state index contributed by atoms with van der Waals surface area (Å²) in [6, 6.07) is 7.90. The van der Waals surface area contributed by atoms with Crippen LogP contribution in [-0.4, -0.2) is 42.2 Å². The second kappa shape index (κ2) is 6.45. The van der Waals surface area contributed by atoms with Gasteiger partial charge < -0.3 is 10.2 Å². The van der Waals surface area contributed by atoms with Crippen LogP contribution in [0.25, 0.3) is 0 Å². The van der Waals surface area contributed by atoms with Crippen LogP contribution in [0.2, 0.25) is 5.02 Å². The monoisotopic (exact) mass is 284 g/mol. The quantitative estimate of drug-likeness (QED) is 0.864. The molecule has 0 aromatic heterocycles. The van der Waals surface area contributed by atoms with Gasteiger partial charge in [0.2, 0.25) is 5.91 Å². The fourth-order valence-corrected chi connectivity index (χ4v) is 3.12. The maximum absolute atomic E-state index is 12.1. The summed E-state index contributed by atoms with van der Waals surface area (Å²) in [5.74, 6) is 0.641. The van der Waals surface area contributed by atoms with E-state index in [0.29, 0.717) is 10.8 Å². The molecule has 0 unspecified atom stereocenters. The zero-order valence-electron chi connectivity index (χ0n) is 10.4. The van der Waals surface area contributed by atoms with Crippen molar-refractivity contribution in [3.05, 3.63) is 29.3 Å². The molecule has 1 aromatic rings. The summed E-state index contributed by atoms with van der Waals surface area (Å²) >= 11 is 7.57. The first kappa shape index (κ1) is 13.7. The number of nitrogens with one attached hydrogen (secondary N) is 1. The number of hydrogen-bond donors (Lipinski definition) is 1. The first-order valence-electron chi connectivity index (χ1n) is 6.06. The van der Waals surface area contributed by atoms with E-state index in [1.807, 2.05) is 29.2 Å². The van der Waals surface area contributed by atoms with Crippen LogP contribution in [0.15, 0.2) is 29.2 Å².